The van der Waals surface area contributed by atoms with Gasteiger partial charge in [-0.1, -0.05) is 6.07 Å². The van der Waals surface area contributed by atoms with E-state index in [1.807, 2.05) is 54.2 Å². The van der Waals surface area contributed by atoms with E-state index in [0.717, 1.165) is 27.8 Å². The van der Waals surface area contributed by atoms with E-state index in [1.165, 1.54) is 0 Å². The fraction of sp³-hybridized carbons (Fsp3) is 0.190. The normalized spacial score (nSPS) is 11.1. The number of hydrogen-bond donors (Lipinski definition) is 1. The number of aromatic nitrogens is 3. The summed E-state index contributed by atoms with van der Waals surface area (Å²) >= 11 is 0. The Bertz CT molecular complexity index is 1170. The Morgan fingerprint density at radius 3 is 1.93 bits per heavy atom. The van der Waals surface area contributed by atoms with Crippen molar-refractivity contribution in [2.24, 2.45) is 0 Å². The highest BCUT2D eigenvalue weighted by Gasteiger charge is 2.23. The zero-order valence-corrected chi connectivity index (χ0v) is 15.8. The maximum absolute atomic E-state index is 6.42. The monoisotopic (exact) mass is 361 g/mol. The number of rotatable bonds is 3. The van der Waals surface area contributed by atoms with E-state index in [-0.39, 0.29) is 0 Å². The molecule has 0 radical (unpaired) electrons. The van der Waals surface area contributed by atoms with E-state index in [1.54, 1.807) is 14.2 Å². The van der Waals surface area contributed by atoms with Crippen molar-refractivity contribution in [3.63, 3.8) is 0 Å². The molecule has 2 N–H and O–H groups in total. The summed E-state index contributed by atoms with van der Waals surface area (Å²) in [5.74, 6) is 1.23. The lowest BCUT2D eigenvalue weighted by Gasteiger charge is -2.13. The van der Waals surface area contributed by atoms with Gasteiger partial charge in [-0.05, 0) is 19.4 Å². The Hall–Kier alpha value is -3.41. The van der Waals surface area contributed by atoms with Gasteiger partial charge < -0.3 is 15.2 Å². The van der Waals surface area contributed by atoms with E-state index in [0.29, 0.717) is 28.2 Å². The Balaban J connectivity index is 2.16. The average Bonchev–Trinajstić information content (AvgIpc) is 2.71. The van der Waals surface area contributed by atoms with E-state index < -0.39 is 0 Å². The summed E-state index contributed by atoms with van der Waals surface area (Å²) in [6.45, 7) is 4.07. The van der Waals surface area contributed by atoms with Crippen LogP contribution in [0.2, 0.25) is 0 Å². The van der Waals surface area contributed by atoms with Gasteiger partial charge in [0.25, 0.3) is 0 Å². The second kappa shape index (κ2) is 6.39. The molecule has 136 valence electrons. The zero-order valence-electron chi connectivity index (χ0n) is 15.8. The molecular weight excluding hydrogens is 340 g/mol. The number of benzene rings is 2. The van der Waals surface area contributed by atoms with Crippen LogP contribution in [0, 0.1) is 13.8 Å². The van der Waals surface area contributed by atoms with Gasteiger partial charge in [0.15, 0.2) is 29.4 Å². The molecule has 0 unspecified atom stereocenters. The number of pyridine rings is 1. The molecule has 2 aromatic heterocycles. The number of nitrogen functional groups attached to an aromatic ring is 1. The first-order valence-corrected chi connectivity index (χ1v) is 8.64. The number of anilines is 1. The molecule has 0 amide bonds. The van der Waals surface area contributed by atoms with Crippen LogP contribution in [0.25, 0.3) is 27.8 Å². The molecule has 0 spiro atoms. The van der Waals surface area contributed by atoms with Crippen molar-refractivity contribution in [3.8, 4) is 17.2 Å². The van der Waals surface area contributed by atoms with Gasteiger partial charge in [-0.3, -0.25) is 0 Å². The topological polar surface area (TPSA) is 74.1 Å². The van der Waals surface area contributed by atoms with Crippen LogP contribution in [0.1, 0.15) is 11.1 Å². The standard InChI is InChI=1S/C21H21N4O2/c1-12-13(2)21(25-8-6-5-7-9-25)20-19(18(12)22)23-14-10-16(26-3)17(27-4)11-15(14)24-20/h5-11H,22H2,1-4H3/q+1. The van der Waals surface area contributed by atoms with Crippen LogP contribution in [0.4, 0.5) is 5.69 Å². The summed E-state index contributed by atoms with van der Waals surface area (Å²) in [5, 5.41) is 0. The van der Waals surface area contributed by atoms with Crippen molar-refractivity contribution < 1.29 is 14.0 Å². The molecule has 4 aromatic rings. The molecule has 2 aromatic carbocycles. The maximum Gasteiger partial charge on any atom is 0.242 e. The van der Waals surface area contributed by atoms with Crippen LogP contribution in [-0.2, 0) is 0 Å². The van der Waals surface area contributed by atoms with Crippen molar-refractivity contribution in [2.75, 3.05) is 20.0 Å². The SMILES string of the molecule is COc1cc2nc3c(N)c(C)c(C)c(-[n+]4ccccc4)c3nc2cc1OC. The molecular formula is C21H21N4O2+. The van der Waals surface area contributed by atoms with E-state index in [9.17, 15) is 0 Å². The third-order valence-corrected chi connectivity index (χ3v) is 4.94. The lowest BCUT2D eigenvalue weighted by atomic mass is 10.0. The molecule has 4 rings (SSSR count). The number of nitrogens with two attached hydrogens (primary N) is 1. The number of hydrogen-bond acceptors (Lipinski definition) is 5. The van der Waals surface area contributed by atoms with Crippen LogP contribution in [0.5, 0.6) is 11.5 Å². The fourth-order valence-electron chi connectivity index (χ4n) is 3.33. The minimum Gasteiger partial charge on any atom is -0.493 e. The van der Waals surface area contributed by atoms with Crippen molar-refractivity contribution in [1.82, 2.24) is 9.97 Å². The van der Waals surface area contributed by atoms with Crippen molar-refractivity contribution in [3.05, 3.63) is 53.9 Å². The van der Waals surface area contributed by atoms with Crippen LogP contribution in [-0.4, -0.2) is 24.2 Å². The van der Waals surface area contributed by atoms with Gasteiger partial charge >= 0.3 is 0 Å². The summed E-state index contributed by atoms with van der Waals surface area (Å²) < 4.78 is 12.9. The lowest BCUT2D eigenvalue weighted by Crippen LogP contribution is -2.31. The summed E-state index contributed by atoms with van der Waals surface area (Å²) in [6, 6.07) is 9.62. The summed E-state index contributed by atoms with van der Waals surface area (Å²) in [6.07, 6.45) is 4.00. The highest BCUT2D eigenvalue weighted by Crippen LogP contribution is 2.35. The van der Waals surface area contributed by atoms with Crippen LogP contribution >= 0.6 is 0 Å². The summed E-state index contributed by atoms with van der Waals surface area (Å²) in [4.78, 5) is 9.71. The van der Waals surface area contributed by atoms with Gasteiger partial charge in [-0.15, -0.1) is 0 Å². The van der Waals surface area contributed by atoms with Gasteiger partial charge in [0.1, 0.15) is 5.52 Å². The predicted octanol–water partition coefficient (Wildman–Crippen LogP) is 3.28. The first kappa shape index (κ1) is 17.0. The highest BCUT2D eigenvalue weighted by atomic mass is 16.5. The Morgan fingerprint density at radius 2 is 1.37 bits per heavy atom. The third-order valence-electron chi connectivity index (χ3n) is 4.94. The minimum absolute atomic E-state index is 0.610. The van der Waals surface area contributed by atoms with Gasteiger partial charge in [0.2, 0.25) is 5.69 Å². The molecule has 0 saturated heterocycles. The van der Waals surface area contributed by atoms with Crippen LogP contribution < -0.4 is 19.8 Å². The first-order chi connectivity index (χ1) is 13.0. The molecule has 0 fully saturated rings. The third kappa shape index (κ3) is 2.61. The van der Waals surface area contributed by atoms with Crippen molar-refractivity contribution in [2.45, 2.75) is 13.8 Å². The van der Waals surface area contributed by atoms with Gasteiger partial charge in [-0.2, -0.15) is 4.57 Å². The average molecular weight is 361 g/mol. The van der Waals surface area contributed by atoms with Crippen molar-refractivity contribution >= 4 is 27.8 Å². The van der Waals surface area contributed by atoms with Gasteiger partial charge in [-0.25, -0.2) is 9.97 Å². The number of ether oxygens (including phenoxy) is 2. The number of methoxy groups -OCH3 is 2. The molecule has 0 aliphatic carbocycles. The van der Waals surface area contributed by atoms with E-state index in [4.69, 9.17) is 25.2 Å². The molecule has 0 aliphatic heterocycles. The van der Waals surface area contributed by atoms with Gasteiger partial charge in [0, 0.05) is 29.8 Å². The smallest absolute Gasteiger partial charge is 0.242 e. The minimum atomic E-state index is 0.610. The maximum atomic E-state index is 6.42. The largest absolute Gasteiger partial charge is 0.493 e. The quantitative estimate of drug-likeness (QED) is 0.344. The number of nitrogens with zero attached hydrogens (tertiary/aromatic N) is 3. The molecule has 2 heterocycles. The van der Waals surface area contributed by atoms with Crippen molar-refractivity contribution in [1.29, 1.82) is 0 Å². The Kier molecular flexibility index (Phi) is 4.03. The molecule has 27 heavy (non-hydrogen) atoms. The predicted molar refractivity (Wildman–Crippen MR) is 106 cm³/mol. The second-order valence-electron chi connectivity index (χ2n) is 6.41. The first-order valence-electron chi connectivity index (χ1n) is 8.64. The van der Waals surface area contributed by atoms with E-state index in [2.05, 4.69) is 6.92 Å². The molecule has 0 saturated carbocycles. The Labute approximate surface area is 157 Å². The Morgan fingerprint density at radius 1 is 0.815 bits per heavy atom. The van der Waals surface area contributed by atoms with Crippen LogP contribution in [0.15, 0.2) is 42.7 Å². The number of fused-ring (bicyclic) bond motifs is 2. The molecule has 0 atom stereocenters. The lowest BCUT2D eigenvalue weighted by molar-refractivity contribution is -0.594. The zero-order chi connectivity index (χ0) is 19.1. The fourth-order valence-corrected chi connectivity index (χ4v) is 3.33. The highest BCUT2D eigenvalue weighted by molar-refractivity contribution is 5.99. The second-order valence-corrected chi connectivity index (χ2v) is 6.41. The van der Waals surface area contributed by atoms with Gasteiger partial charge in [0.05, 0.1) is 30.9 Å². The molecule has 6 nitrogen and oxygen atoms in total. The van der Waals surface area contributed by atoms with E-state index >= 15 is 0 Å². The molecule has 0 bridgehead atoms. The summed E-state index contributed by atoms with van der Waals surface area (Å²) in [7, 11) is 3.21. The van der Waals surface area contributed by atoms with Crippen LogP contribution in [0.3, 0.4) is 0 Å². The molecule has 0 aliphatic rings. The summed E-state index contributed by atoms with van der Waals surface area (Å²) in [5.41, 5.74) is 13.0. The molecule has 6 heteroatoms.